The molecule has 1 N–H and O–H groups in total. The lowest BCUT2D eigenvalue weighted by molar-refractivity contribution is 0.0924. The van der Waals surface area contributed by atoms with Gasteiger partial charge in [-0.05, 0) is 29.5 Å². The highest BCUT2D eigenvalue weighted by atomic mass is 32.1. The zero-order valence-corrected chi connectivity index (χ0v) is 11.8. The molecule has 0 aliphatic carbocycles. The molecule has 0 saturated carbocycles. The Balaban J connectivity index is 2.62. The quantitative estimate of drug-likeness (QED) is 0.789. The van der Waals surface area contributed by atoms with E-state index in [0.29, 0.717) is 18.0 Å². The van der Waals surface area contributed by atoms with Crippen LogP contribution in [0.2, 0.25) is 0 Å². The maximum Gasteiger partial charge on any atom is 0.251 e. The summed E-state index contributed by atoms with van der Waals surface area (Å²) in [5, 5.41) is 2.97. The summed E-state index contributed by atoms with van der Waals surface area (Å²) in [6.45, 7) is 9.33. The first-order valence-electron chi connectivity index (χ1n) is 5.90. The molecule has 0 fully saturated rings. The normalized spacial score (nSPS) is 11.6. The zero-order chi connectivity index (χ0) is 13.1. The number of hydrogen-bond donors (Lipinski definition) is 2. The molecule has 3 heteroatoms. The van der Waals surface area contributed by atoms with Crippen molar-refractivity contribution in [2.75, 3.05) is 6.54 Å². The lowest BCUT2D eigenvalue weighted by Crippen LogP contribution is -2.36. The molecule has 0 spiro atoms. The summed E-state index contributed by atoms with van der Waals surface area (Å²) in [7, 11) is 0. The van der Waals surface area contributed by atoms with Crippen LogP contribution < -0.4 is 5.32 Å². The highest BCUT2D eigenvalue weighted by Gasteiger charge is 2.23. The van der Waals surface area contributed by atoms with Gasteiger partial charge in [0.2, 0.25) is 0 Å². The molecule has 0 aliphatic heterocycles. The number of thiol groups is 1. The van der Waals surface area contributed by atoms with E-state index in [4.69, 9.17) is 0 Å². The fourth-order valence-electron chi connectivity index (χ4n) is 1.26. The van der Waals surface area contributed by atoms with Crippen LogP contribution >= 0.6 is 12.6 Å². The smallest absolute Gasteiger partial charge is 0.251 e. The average Bonchev–Trinajstić information content (AvgIpc) is 2.25. The van der Waals surface area contributed by atoms with Crippen molar-refractivity contribution in [2.45, 2.75) is 32.6 Å². The highest BCUT2D eigenvalue weighted by molar-refractivity contribution is 7.80. The number of benzene rings is 1. The van der Waals surface area contributed by atoms with E-state index in [1.54, 1.807) is 12.1 Å². The van der Waals surface area contributed by atoms with Gasteiger partial charge in [0.15, 0.2) is 0 Å². The van der Waals surface area contributed by atoms with E-state index in [2.05, 4.69) is 45.6 Å². The molecule has 2 nitrogen and oxygen atoms in total. The average molecular weight is 251 g/mol. The number of amides is 1. The number of nitrogens with one attached hydrogen (secondary N) is 1. The van der Waals surface area contributed by atoms with Crippen LogP contribution in [0, 0.1) is 11.3 Å². The summed E-state index contributed by atoms with van der Waals surface area (Å²) >= 11 is 4.23. The van der Waals surface area contributed by atoms with Gasteiger partial charge in [-0.25, -0.2) is 0 Å². The van der Waals surface area contributed by atoms with Crippen LogP contribution in [0.3, 0.4) is 0 Å². The molecule has 1 aromatic carbocycles. The third kappa shape index (κ3) is 4.08. The Labute approximate surface area is 109 Å². The Morgan fingerprint density at radius 2 is 2.06 bits per heavy atom. The second kappa shape index (κ2) is 5.58. The van der Waals surface area contributed by atoms with Crippen LogP contribution in [0.4, 0.5) is 0 Å². The Morgan fingerprint density at radius 3 is 2.59 bits per heavy atom. The monoisotopic (exact) mass is 251 g/mol. The minimum absolute atomic E-state index is 0.0328. The predicted molar refractivity (Wildman–Crippen MR) is 74.6 cm³/mol. The predicted octanol–water partition coefficient (Wildman–Crippen LogP) is 3.39. The maximum absolute atomic E-state index is 11.9. The third-order valence-corrected chi connectivity index (χ3v) is 3.65. The van der Waals surface area contributed by atoms with Gasteiger partial charge in [0, 0.05) is 17.0 Å². The van der Waals surface area contributed by atoms with Gasteiger partial charge in [-0.3, -0.25) is 4.79 Å². The van der Waals surface area contributed by atoms with Gasteiger partial charge >= 0.3 is 0 Å². The van der Waals surface area contributed by atoms with Gasteiger partial charge in [0.25, 0.3) is 5.91 Å². The molecule has 0 atom stereocenters. The van der Waals surface area contributed by atoms with E-state index < -0.39 is 0 Å². The molecule has 0 aliphatic rings. The van der Waals surface area contributed by atoms with Crippen LogP contribution in [0.5, 0.6) is 0 Å². The van der Waals surface area contributed by atoms with Gasteiger partial charge in [-0.1, -0.05) is 33.8 Å². The molecule has 0 heterocycles. The first-order valence-corrected chi connectivity index (χ1v) is 6.35. The van der Waals surface area contributed by atoms with E-state index in [9.17, 15) is 4.79 Å². The molecule has 17 heavy (non-hydrogen) atoms. The summed E-state index contributed by atoms with van der Waals surface area (Å²) in [5.74, 6) is 0.494. The first-order chi connectivity index (χ1) is 7.83. The van der Waals surface area contributed by atoms with Crippen molar-refractivity contribution in [1.29, 1.82) is 0 Å². The van der Waals surface area contributed by atoms with Crippen molar-refractivity contribution in [3.05, 3.63) is 29.8 Å². The molecular weight excluding hydrogens is 230 g/mol. The molecule has 0 radical (unpaired) electrons. The number of rotatable bonds is 4. The highest BCUT2D eigenvalue weighted by Crippen LogP contribution is 2.24. The number of hydrogen-bond acceptors (Lipinski definition) is 2. The first kappa shape index (κ1) is 14.1. The largest absolute Gasteiger partial charge is 0.351 e. The molecule has 0 unspecified atom stereocenters. The standard InChI is InChI=1S/C14H21NOS/c1-10(2)14(3,4)9-15-13(16)11-6-5-7-12(17)8-11/h5-8,10,17H,9H2,1-4H3,(H,15,16). The molecule has 0 aromatic heterocycles. The van der Waals surface area contributed by atoms with E-state index in [-0.39, 0.29) is 11.3 Å². The molecule has 0 saturated heterocycles. The van der Waals surface area contributed by atoms with E-state index in [1.807, 2.05) is 12.1 Å². The summed E-state index contributed by atoms with van der Waals surface area (Å²) in [6, 6.07) is 7.28. The van der Waals surface area contributed by atoms with Crippen molar-refractivity contribution in [1.82, 2.24) is 5.32 Å². The zero-order valence-electron chi connectivity index (χ0n) is 10.9. The van der Waals surface area contributed by atoms with Crippen molar-refractivity contribution >= 4 is 18.5 Å². The molecule has 1 rings (SSSR count). The summed E-state index contributed by atoms with van der Waals surface area (Å²) in [4.78, 5) is 12.7. The third-order valence-electron chi connectivity index (χ3n) is 3.38. The summed E-state index contributed by atoms with van der Waals surface area (Å²) in [6.07, 6.45) is 0. The van der Waals surface area contributed by atoms with Crippen LogP contribution in [0.15, 0.2) is 29.2 Å². The van der Waals surface area contributed by atoms with Gasteiger partial charge < -0.3 is 5.32 Å². The van der Waals surface area contributed by atoms with Crippen molar-refractivity contribution in [3.63, 3.8) is 0 Å². The molecular formula is C14H21NOS. The SMILES string of the molecule is CC(C)C(C)(C)CNC(=O)c1cccc(S)c1. The van der Waals surface area contributed by atoms with Gasteiger partial charge in [-0.15, -0.1) is 12.6 Å². The number of carbonyl (C=O) groups is 1. The second-order valence-corrected chi connectivity index (χ2v) is 5.89. The topological polar surface area (TPSA) is 29.1 Å². The summed E-state index contributed by atoms with van der Waals surface area (Å²) in [5.41, 5.74) is 0.769. The van der Waals surface area contributed by atoms with E-state index >= 15 is 0 Å². The van der Waals surface area contributed by atoms with Gasteiger partial charge in [-0.2, -0.15) is 0 Å². The molecule has 94 valence electrons. The van der Waals surface area contributed by atoms with E-state index in [0.717, 1.165) is 4.90 Å². The Kier molecular flexibility index (Phi) is 4.63. The van der Waals surface area contributed by atoms with E-state index in [1.165, 1.54) is 0 Å². The number of carbonyl (C=O) groups excluding carboxylic acids is 1. The van der Waals surface area contributed by atoms with Crippen LogP contribution in [0.1, 0.15) is 38.1 Å². The Morgan fingerprint density at radius 1 is 1.41 bits per heavy atom. The lowest BCUT2D eigenvalue weighted by Gasteiger charge is -2.29. The fraction of sp³-hybridized carbons (Fsp3) is 0.500. The minimum Gasteiger partial charge on any atom is -0.351 e. The van der Waals surface area contributed by atoms with Crippen LogP contribution in [0.25, 0.3) is 0 Å². The maximum atomic E-state index is 11.9. The van der Waals surface area contributed by atoms with Gasteiger partial charge in [0.05, 0.1) is 0 Å². The van der Waals surface area contributed by atoms with Gasteiger partial charge in [0.1, 0.15) is 0 Å². The van der Waals surface area contributed by atoms with Crippen LogP contribution in [-0.2, 0) is 0 Å². The van der Waals surface area contributed by atoms with Crippen LogP contribution in [-0.4, -0.2) is 12.5 Å². The molecule has 1 amide bonds. The Bertz CT molecular complexity index is 399. The molecule has 1 aromatic rings. The van der Waals surface area contributed by atoms with Crippen molar-refractivity contribution in [3.8, 4) is 0 Å². The fourth-order valence-corrected chi connectivity index (χ4v) is 1.49. The Hall–Kier alpha value is -0.960. The van der Waals surface area contributed by atoms with Crippen molar-refractivity contribution in [2.24, 2.45) is 11.3 Å². The second-order valence-electron chi connectivity index (χ2n) is 5.38. The lowest BCUT2D eigenvalue weighted by atomic mass is 9.81. The summed E-state index contributed by atoms with van der Waals surface area (Å²) < 4.78 is 0. The van der Waals surface area contributed by atoms with Crippen molar-refractivity contribution < 1.29 is 4.79 Å². The molecule has 0 bridgehead atoms. The minimum atomic E-state index is -0.0328.